The van der Waals surface area contributed by atoms with Crippen LogP contribution >= 0.6 is 0 Å². The van der Waals surface area contributed by atoms with E-state index in [1.54, 1.807) is 0 Å². The van der Waals surface area contributed by atoms with Gasteiger partial charge in [-0.25, -0.2) is 9.59 Å². The molecular weight excluding hydrogens is 440 g/mol. The van der Waals surface area contributed by atoms with E-state index in [9.17, 15) is 29.4 Å². The van der Waals surface area contributed by atoms with Crippen LogP contribution in [-0.4, -0.2) is 101 Å². The minimum atomic E-state index is -1.43. The van der Waals surface area contributed by atoms with E-state index >= 15 is 0 Å². The monoisotopic (exact) mass is 470 g/mol. The number of carbonyl (C=O) groups excluding carboxylic acids is 4. The maximum absolute atomic E-state index is 10.8. The summed E-state index contributed by atoms with van der Waals surface area (Å²) in [4.78, 5) is 41.4. The standard InChI is InChI=1S/2C10H16O5.Ca/c2*1-8(2)7-14-5-6-15-10(13)4-3-9(11)12;/h2*3-4,8H,5-7H2,1-2H3,(H,11,12);/q;;+2/p-2/b2*4-3-;. The minimum Gasteiger partial charge on any atom is -0.545 e. The Morgan fingerprint density at radius 3 is 1.23 bits per heavy atom. The molecule has 11 heteroatoms. The summed E-state index contributed by atoms with van der Waals surface area (Å²) >= 11 is 0. The molecule has 0 saturated carbocycles. The first-order valence-electron chi connectivity index (χ1n) is 9.31. The molecule has 0 amide bonds. The Kier molecular flexibility index (Phi) is 25.6. The van der Waals surface area contributed by atoms with Crippen LogP contribution in [0.3, 0.4) is 0 Å². The first kappa shape index (κ1) is 34.2. The largest absolute Gasteiger partial charge is 2.00 e. The number of carbonyl (C=O) groups is 4. The molecular formula is C20H30CaO10. The summed E-state index contributed by atoms with van der Waals surface area (Å²) in [6, 6.07) is 0. The van der Waals surface area contributed by atoms with Gasteiger partial charge in [0.25, 0.3) is 0 Å². The first-order valence-corrected chi connectivity index (χ1v) is 9.31. The van der Waals surface area contributed by atoms with Gasteiger partial charge in [-0.1, -0.05) is 27.7 Å². The van der Waals surface area contributed by atoms with Gasteiger partial charge in [0, 0.05) is 25.4 Å². The molecule has 0 N–H and O–H groups in total. The molecule has 0 aromatic heterocycles. The quantitative estimate of drug-likeness (QED) is 0.129. The maximum Gasteiger partial charge on any atom is 2.00 e. The van der Waals surface area contributed by atoms with Crippen molar-refractivity contribution in [3.8, 4) is 0 Å². The fourth-order valence-electron chi connectivity index (χ4n) is 1.41. The molecule has 0 saturated heterocycles. The average molecular weight is 471 g/mol. The molecule has 0 aromatic rings. The van der Waals surface area contributed by atoms with Gasteiger partial charge in [-0.2, -0.15) is 0 Å². The van der Waals surface area contributed by atoms with Crippen LogP contribution < -0.4 is 10.2 Å². The molecule has 0 rings (SSSR count). The van der Waals surface area contributed by atoms with Crippen molar-refractivity contribution in [1.82, 2.24) is 0 Å². The maximum atomic E-state index is 10.8. The molecule has 172 valence electrons. The van der Waals surface area contributed by atoms with Gasteiger partial charge < -0.3 is 38.7 Å². The molecule has 10 nitrogen and oxygen atoms in total. The fourth-order valence-corrected chi connectivity index (χ4v) is 1.41. The zero-order valence-corrected chi connectivity index (χ0v) is 20.7. The zero-order chi connectivity index (χ0) is 23.4. The Morgan fingerprint density at radius 1 is 0.645 bits per heavy atom. The molecule has 0 spiro atoms. The summed E-state index contributed by atoms with van der Waals surface area (Å²) in [5, 5.41) is 19.8. The third-order valence-electron chi connectivity index (χ3n) is 2.56. The average Bonchev–Trinajstić information content (AvgIpc) is 2.64. The number of carboxylic acids is 2. The molecule has 0 aliphatic carbocycles. The van der Waals surface area contributed by atoms with Crippen molar-refractivity contribution in [1.29, 1.82) is 0 Å². The van der Waals surface area contributed by atoms with Crippen LogP contribution in [0.25, 0.3) is 0 Å². The second kappa shape index (κ2) is 23.2. The summed E-state index contributed by atoms with van der Waals surface area (Å²) in [7, 11) is 0. The van der Waals surface area contributed by atoms with Gasteiger partial charge in [0.15, 0.2) is 0 Å². The summed E-state index contributed by atoms with van der Waals surface area (Å²) < 4.78 is 19.5. The van der Waals surface area contributed by atoms with Crippen molar-refractivity contribution in [2.75, 3.05) is 39.6 Å². The summed E-state index contributed by atoms with van der Waals surface area (Å²) in [5.41, 5.74) is 0. The van der Waals surface area contributed by atoms with E-state index in [1.165, 1.54) is 0 Å². The molecule has 0 aliphatic rings. The molecule has 0 heterocycles. The summed E-state index contributed by atoms with van der Waals surface area (Å²) in [6.07, 6.45) is 2.85. The zero-order valence-electron chi connectivity index (χ0n) is 18.5. The normalized spacial score (nSPS) is 10.5. The second-order valence-electron chi connectivity index (χ2n) is 6.58. The van der Waals surface area contributed by atoms with Crippen LogP contribution in [0.4, 0.5) is 0 Å². The summed E-state index contributed by atoms with van der Waals surface area (Å²) in [6.45, 7) is 10.1. The van der Waals surface area contributed by atoms with Crippen LogP contribution in [0.2, 0.25) is 0 Å². The molecule has 0 aromatic carbocycles. The van der Waals surface area contributed by atoms with E-state index in [4.69, 9.17) is 9.47 Å². The van der Waals surface area contributed by atoms with Gasteiger partial charge in [0.05, 0.1) is 25.2 Å². The smallest absolute Gasteiger partial charge is 0.545 e. The molecule has 0 fully saturated rings. The first-order chi connectivity index (χ1) is 14.0. The van der Waals surface area contributed by atoms with Crippen molar-refractivity contribution >= 4 is 61.6 Å². The Bertz CT molecular complexity index is 520. The van der Waals surface area contributed by atoms with E-state index in [-0.39, 0.29) is 51.0 Å². The van der Waals surface area contributed by atoms with Crippen molar-refractivity contribution in [3.63, 3.8) is 0 Å². The topological polar surface area (TPSA) is 151 Å². The predicted octanol–water partition coefficient (Wildman–Crippen LogP) is -1.36. The van der Waals surface area contributed by atoms with Crippen LogP contribution in [0.1, 0.15) is 27.7 Å². The number of rotatable bonds is 14. The molecule has 0 bridgehead atoms. The Hall–Kier alpha value is -1.46. The van der Waals surface area contributed by atoms with Crippen molar-refractivity contribution in [2.24, 2.45) is 11.8 Å². The fraction of sp³-hybridized carbons (Fsp3) is 0.600. The SMILES string of the molecule is CC(C)COCCOC(=O)/C=C\C(=O)[O-].CC(C)COCCOC(=O)/C=C\C(=O)[O-].[Ca+2]. The molecule has 0 atom stereocenters. The second-order valence-corrected chi connectivity index (χ2v) is 6.58. The van der Waals surface area contributed by atoms with Crippen LogP contribution in [-0.2, 0) is 38.1 Å². The van der Waals surface area contributed by atoms with Crippen molar-refractivity contribution in [3.05, 3.63) is 24.3 Å². The van der Waals surface area contributed by atoms with Gasteiger partial charge in [-0.15, -0.1) is 0 Å². The number of hydrogen-bond acceptors (Lipinski definition) is 10. The van der Waals surface area contributed by atoms with Crippen LogP contribution in [0.5, 0.6) is 0 Å². The van der Waals surface area contributed by atoms with Gasteiger partial charge in [-0.3, -0.25) is 0 Å². The number of ether oxygens (including phenoxy) is 4. The van der Waals surface area contributed by atoms with Crippen molar-refractivity contribution in [2.45, 2.75) is 27.7 Å². The Morgan fingerprint density at radius 2 is 0.968 bits per heavy atom. The van der Waals surface area contributed by atoms with E-state index in [0.717, 1.165) is 12.2 Å². The van der Waals surface area contributed by atoms with E-state index in [0.29, 0.717) is 50.4 Å². The number of esters is 2. The van der Waals surface area contributed by atoms with Crippen LogP contribution in [0.15, 0.2) is 24.3 Å². The molecule has 0 unspecified atom stereocenters. The van der Waals surface area contributed by atoms with Crippen molar-refractivity contribution < 1.29 is 48.3 Å². The predicted molar refractivity (Wildman–Crippen MR) is 107 cm³/mol. The minimum absolute atomic E-state index is 0. The number of hydrogen-bond donors (Lipinski definition) is 0. The Labute approximate surface area is 212 Å². The Balaban J connectivity index is -0.000000490. The number of carboxylic acid groups (broad SMARTS) is 2. The van der Waals surface area contributed by atoms with E-state index in [2.05, 4.69) is 9.47 Å². The van der Waals surface area contributed by atoms with E-state index in [1.807, 2.05) is 27.7 Å². The third-order valence-corrected chi connectivity index (χ3v) is 2.56. The van der Waals surface area contributed by atoms with Crippen LogP contribution in [0, 0.1) is 11.8 Å². The molecule has 0 radical (unpaired) electrons. The molecule has 31 heavy (non-hydrogen) atoms. The van der Waals surface area contributed by atoms with Gasteiger partial charge in [-0.05, 0) is 24.0 Å². The van der Waals surface area contributed by atoms with Gasteiger partial charge in [0.1, 0.15) is 13.2 Å². The summed E-state index contributed by atoms with van der Waals surface area (Å²) in [5.74, 6) is -3.43. The van der Waals surface area contributed by atoms with Gasteiger partial charge in [0.2, 0.25) is 0 Å². The number of aliphatic carboxylic acids is 2. The third kappa shape index (κ3) is 33.4. The molecule has 0 aliphatic heterocycles. The van der Waals surface area contributed by atoms with Gasteiger partial charge >= 0.3 is 49.7 Å². The van der Waals surface area contributed by atoms with E-state index < -0.39 is 23.9 Å².